The van der Waals surface area contributed by atoms with Gasteiger partial charge in [0, 0.05) is 18.4 Å². The van der Waals surface area contributed by atoms with Gasteiger partial charge >= 0.3 is 5.97 Å². The molecular weight excluding hydrogens is 340 g/mol. The molecule has 25 heavy (non-hydrogen) atoms. The van der Waals surface area contributed by atoms with Crippen LogP contribution in [0.15, 0.2) is 23.1 Å². The molecule has 1 N–H and O–H groups in total. The first kappa shape index (κ1) is 19.1. The molecule has 7 heteroatoms. The van der Waals surface area contributed by atoms with Crippen molar-refractivity contribution in [2.24, 2.45) is 0 Å². The zero-order valence-corrected chi connectivity index (χ0v) is 16.2. The Hall–Kier alpha value is -2.28. The molecule has 0 aliphatic rings. The maximum atomic E-state index is 13.2. The van der Waals surface area contributed by atoms with E-state index in [9.17, 15) is 13.2 Å². The summed E-state index contributed by atoms with van der Waals surface area (Å²) in [4.78, 5) is 15.2. The summed E-state index contributed by atoms with van der Waals surface area (Å²) < 4.78 is 32.6. The van der Waals surface area contributed by atoms with Crippen molar-refractivity contribution in [2.75, 3.05) is 18.0 Å². The number of nitrogens with zero attached hydrogens (tertiary/aromatic N) is 1. The first-order chi connectivity index (χ1) is 11.6. The summed E-state index contributed by atoms with van der Waals surface area (Å²) in [5, 5.41) is 0. The van der Waals surface area contributed by atoms with Crippen molar-refractivity contribution in [3.63, 3.8) is 0 Å². The van der Waals surface area contributed by atoms with Crippen LogP contribution in [0.2, 0.25) is 0 Å². The van der Waals surface area contributed by atoms with Gasteiger partial charge in [0.05, 0.1) is 12.3 Å². The maximum absolute atomic E-state index is 13.2. The van der Waals surface area contributed by atoms with Crippen molar-refractivity contribution >= 4 is 21.7 Å². The van der Waals surface area contributed by atoms with Crippen molar-refractivity contribution < 1.29 is 17.9 Å². The Balaban J connectivity index is 2.59. The van der Waals surface area contributed by atoms with E-state index < -0.39 is 16.0 Å². The molecule has 1 aromatic heterocycles. The van der Waals surface area contributed by atoms with E-state index in [1.165, 1.54) is 11.4 Å². The fraction of sp³-hybridized carbons (Fsp3) is 0.389. The van der Waals surface area contributed by atoms with Crippen LogP contribution < -0.4 is 4.31 Å². The van der Waals surface area contributed by atoms with Crippen LogP contribution in [0.1, 0.15) is 39.8 Å². The van der Waals surface area contributed by atoms with E-state index >= 15 is 0 Å². The summed E-state index contributed by atoms with van der Waals surface area (Å²) in [6.45, 7) is 9.05. The van der Waals surface area contributed by atoms with Gasteiger partial charge in [-0.05, 0) is 57.9 Å². The molecule has 136 valence electrons. The molecule has 0 radical (unpaired) electrons. The Morgan fingerprint density at radius 3 is 2.32 bits per heavy atom. The Bertz CT molecular complexity index is 913. The normalized spacial score (nSPS) is 11.4. The van der Waals surface area contributed by atoms with E-state index in [1.54, 1.807) is 26.8 Å². The molecule has 0 saturated carbocycles. The van der Waals surface area contributed by atoms with Gasteiger partial charge in [0.15, 0.2) is 0 Å². The number of carbonyl (C=O) groups is 1. The molecule has 6 nitrogen and oxygen atoms in total. The topological polar surface area (TPSA) is 79.5 Å². The SMILES string of the molecule is CCOC(=O)c1c(C)[nH]c(C)c1S(=O)(=O)N(C)c1ccc(C)c(C)c1. The molecule has 1 aromatic carbocycles. The predicted octanol–water partition coefficient (Wildman–Crippen LogP) is 3.25. The standard InChI is InChI=1S/C18H24N2O4S/c1-7-24-18(21)16-13(4)19-14(5)17(16)25(22,23)20(6)15-9-8-11(2)12(3)10-15/h8-10,19H,7H2,1-6H3. The van der Waals surface area contributed by atoms with Gasteiger partial charge < -0.3 is 9.72 Å². The van der Waals surface area contributed by atoms with E-state index in [4.69, 9.17) is 4.74 Å². The maximum Gasteiger partial charge on any atom is 0.341 e. The molecule has 0 aliphatic heterocycles. The first-order valence-corrected chi connectivity index (χ1v) is 9.47. The van der Waals surface area contributed by atoms with Gasteiger partial charge in [0.2, 0.25) is 0 Å². The van der Waals surface area contributed by atoms with Gasteiger partial charge in [-0.2, -0.15) is 0 Å². The molecule has 0 saturated heterocycles. The molecular formula is C18H24N2O4S. The lowest BCUT2D eigenvalue weighted by Crippen LogP contribution is -2.28. The highest BCUT2D eigenvalue weighted by Gasteiger charge is 2.33. The minimum atomic E-state index is -3.92. The second-order valence-corrected chi connectivity index (χ2v) is 7.95. The van der Waals surface area contributed by atoms with E-state index in [0.717, 1.165) is 11.1 Å². The van der Waals surface area contributed by atoms with Crippen molar-refractivity contribution in [1.29, 1.82) is 0 Å². The molecule has 2 rings (SSSR count). The van der Waals surface area contributed by atoms with Crippen molar-refractivity contribution in [2.45, 2.75) is 39.5 Å². The number of hydrogen-bond acceptors (Lipinski definition) is 4. The Morgan fingerprint density at radius 2 is 1.76 bits per heavy atom. The van der Waals surface area contributed by atoms with Crippen LogP contribution in [0.5, 0.6) is 0 Å². The highest BCUT2D eigenvalue weighted by Crippen LogP contribution is 2.30. The number of H-pyrrole nitrogens is 1. The zero-order valence-electron chi connectivity index (χ0n) is 15.4. The smallest absolute Gasteiger partial charge is 0.341 e. The van der Waals surface area contributed by atoms with E-state index in [2.05, 4.69) is 4.98 Å². The zero-order chi connectivity index (χ0) is 18.9. The summed E-state index contributed by atoms with van der Waals surface area (Å²) >= 11 is 0. The van der Waals surface area contributed by atoms with Gasteiger partial charge in [-0.15, -0.1) is 0 Å². The molecule has 0 bridgehead atoms. The van der Waals surface area contributed by atoms with Crippen molar-refractivity contribution in [3.8, 4) is 0 Å². The van der Waals surface area contributed by atoms with E-state index in [0.29, 0.717) is 17.1 Å². The molecule has 0 unspecified atom stereocenters. The number of esters is 1. The number of ether oxygens (including phenoxy) is 1. The van der Waals surface area contributed by atoms with Crippen LogP contribution in [0.3, 0.4) is 0 Å². The van der Waals surface area contributed by atoms with Crippen LogP contribution >= 0.6 is 0 Å². The Kier molecular flexibility index (Phi) is 5.27. The lowest BCUT2D eigenvalue weighted by Gasteiger charge is -2.21. The van der Waals surface area contributed by atoms with E-state index in [1.807, 2.05) is 26.0 Å². The van der Waals surface area contributed by atoms with Gasteiger partial charge in [-0.25, -0.2) is 13.2 Å². The number of anilines is 1. The number of aromatic amines is 1. The summed E-state index contributed by atoms with van der Waals surface area (Å²) in [6.07, 6.45) is 0. The van der Waals surface area contributed by atoms with Crippen LogP contribution in [0.4, 0.5) is 5.69 Å². The molecule has 0 aliphatic carbocycles. The summed E-state index contributed by atoms with van der Waals surface area (Å²) in [6, 6.07) is 5.43. The van der Waals surface area contributed by atoms with Gasteiger partial charge in [0.25, 0.3) is 10.0 Å². The van der Waals surface area contributed by atoms with E-state index in [-0.39, 0.29) is 17.1 Å². The summed E-state index contributed by atoms with van der Waals surface area (Å²) in [5.41, 5.74) is 3.56. The lowest BCUT2D eigenvalue weighted by molar-refractivity contribution is 0.0521. The second-order valence-electron chi connectivity index (χ2n) is 6.04. The second kappa shape index (κ2) is 6.92. The quantitative estimate of drug-likeness (QED) is 0.826. The Labute approximate surface area is 148 Å². The molecule has 0 amide bonds. The first-order valence-electron chi connectivity index (χ1n) is 8.03. The fourth-order valence-corrected chi connectivity index (χ4v) is 4.32. The molecule has 0 atom stereocenters. The molecule has 0 fully saturated rings. The van der Waals surface area contributed by atoms with Gasteiger partial charge in [0.1, 0.15) is 10.5 Å². The Morgan fingerprint density at radius 1 is 1.12 bits per heavy atom. The minimum Gasteiger partial charge on any atom is -0.462 e. The number of aromatic nitrogens is 1. The number of aryl methyl sites for hydroxylation is 4. The third kappa shape index (κ3) is 3.42. The number of benzene rings is 1. The third-order valence-corrected chi connectivity index (χ3v) is 6.23. The highest BCUT2D eigenvalue weighted by molar-refractivity contribution is 7.93. The van der Waals surface area contributed by atoms with Crippen LogP contribution in [-0.2, 0) is 14.8 Å². The number of rotatable bonds is 5. The van der Waals surface area contributed by atoms with Crippen molar-refractivity contribution in [1.82, 2.24) is 4.98 Å². The van der Waals surface area contributed by atoms with Crippen molar-refractivity contribution in [3.05, 3.63) is 46.3 Å². The highest BCUT2D eigenvalue weighted by atomic mass is 32.2. The fourth-order valence-electron chi connectivity index (χ4n) is 2.73. The predicted molar refractivity (Wildman–Crippen MR) is 97.7 cm³/mol. The lowest BCUT2D eigenvalue weighted by atomic mass is 10.1. The monoisotopic (exact) mass is 364 g/mol. The molecule has 1 heterocycles. The minimum absolute atomic E-state index is 0.0378. The molecule has 0 spiro atoms. The number of hydrogen-bond donors (Lipinski definition) is 1. The average Bonchev–Trinajstić information content (AvgIpc) is 2.84. The van der Waals surface area contributed by atoms with Crippen LogP contribution in [0, 0.1) is 27.7 Å². The number of sulfonamides is 1. The largest absolute Gasteiger partial charge is 0.462 e. The van der Waals surface area contributed by atoms with Crippen LogP contribution in [-0.4, -0.2) is 33.0 Å². The van der Waals surface area contributed by atoms with Gasteiger partial charge in [-0.3, -0.25) is 4.31 Å². The molecule has 2 aromatic rings. The number of nitrogens with one attached hydrogen (secondary N) is 1. The third-order valence-electron chi connectivity index (χ3n) is 4.27. The number of carbonyl (C=O) groups excluding carboxylic acids is 1. The van der Waals surface area contributed by atoms with Gasteiger partial charge in [-0.1, -0.05) is 6.07 Å². The van der Waals surface area contributed by atoms with Crippen LogP contribution in [0.25, 0.3) is 0 Å². The summed E-state index contributed by atoms with van der Waals surface area (Å²) in [5.74, 6) is -0.642. The summed E-state index contributed by atoms with van der Waals surface area (Å²) in [7, 11) is -2.44. The average molecular weight is 364 g/mol.